The normalized spacial score (nSPS) is 29.1. The standard InChI is InChI=1S/C12H22O4/c1-10(2-4-13-6-11-8-15-11)3-5-14-7-12-9-16-12/h10-12H,2-9H2,1H3. The van der Waals surface area contributed by atoms with E-state index in [1.54, 1.807) is 0 Å². The molecule has 0 bridgehead atoms. The first-order valence-corrected chi connectivity index (χ1v) is 6.23. The fourth-order valence-electron chi connectivity index (χ4n) is 1.47. The maximum Gasteiger partial charge on any atom is 0.104 e. The zero-order valence-electron chi connectivity index (χ0n) is 10.0. The van der Waals surface area contributed by atoms with Crippen LogP contribution in [0.3, 0.4) is 0 Å². The Labute approximate surface area is 97.2 Å². The van der Waals surface area contributed by atoms with Crippen molar-refractivity contribution in [1.29, 1.82) is 0 Å². The number of ether oxygens (including phenoxy) is 4. The summed E-state index contributed by atoms with van der Waals surface area (Å²) in [5.74, 6) is 0.667. The van der Waals surface area contributed by atoms with E-state index in [0.717, 1.165) is 52.5 Å². The number of hydrogen-bond acceptors (Lipinski definition) is 4. The van der Waals surface area contributed by atoms with Gasteiger partial charge in [0.2, 0.25) is 0 Å². The molecule has 0 radical (unpaired) electrons. The SMILES string of the molecule is CC(CCOCC1CO1)CCOCC1CO1. The van der Waals surface area contributed by atoms with Crippen molar-refractivity contribution >= 4 is 0 Å². The molecule has 2 unspecified atom stereocenters. The molecule has 0 saturated carbocycles. The van der Waals surface area contributed by atoms with Gasteiger partial charge in [-0.1, -0.05) is 6.92 Å². The number of hydrogen-bond donors (Lipinski definition) is 0. The second-order valence-corrected chi connectivity index (χ2v) is 4.74. The van der Waals surface area contributed by atoms with Crippen molar-refractivity contribution in [2.24, 2.45) is 5.92 Å². The molecule has 2 saturated heterocycles. The summed E-state index contributed by atoms with van der Waals surface area (Å²) in [6.45, 7) is 7.22. The molecular formula is C12H22O4. The van der Waals surface area contributed by atoms with Gasteiger partial charge in [0.25, 0.3) is 0 Å². The molecule has 16 heavy (non-hydrogen) atoms. The molecule has 0 spiro atoms. The zero-order chi connectivity index (χ0) is 11.2. The van der Waals surface area contributed by atoms with Gasteiger partial charge in [-0.15, -0.1) is 0 Å². The maximum absolute atomic E-state index is 5.50. The minimum absolute atomic E-state index is 0.386. The smallest absolute Gasteiger partial charge is 0.104 e. The molecular weight excluding hydrogens is 208 g/mol. The second-order valence-electron chi connectivity index (χ2n) is 4.74. The monoisotopic (exact) mass is 230 g/mol. The Balaban J connectivity index is 1.33. The van der Waals surface area contributed by atoms with Crippen molar-refractivity contribution in [3.05, 3.63) is 0 Å². The van der Waals surface area contributed by atoms with E-state index in [2.05, 4.69) is 6.92 Å². The maximum atomic E-state index is 5.50. The topological polar surface area (TPSA) is 43.5 Å². The van der Waals surface area contributed by atoms with Crippen LogP contribution in [0.15, 0.2) is 0 Å². The summed E-state index contributed by atoms with van der Waals surface area (Å²) in [7, 11) is 0. The van der Waals surface area contributed by atoms with Gasteiger partial charge in [0.15, 0.2) is 0 Å². The molecule has 0 aromatic carbocycles. The van der Waals surface area contributed by atoms with E-state index >= 15 is 0 Å². The van der Waals surface area contributed by atoms with Crippen molar-refractivity contribution in [1.82, 2.24) is 0 Å². The van der Waals surface area contributed by atoms with Gasteiger partial charge in [-0.3, -0.25) is 0 Å². The van der Waals surface area contributed by atoms with E-state index < -0.39 is 0 Å². The van der Waals surface area contributed by atoms with Crippen LogP contribution >= 0.6 is 0 Å². The van der Waals surface area contributed by atoms with Gasteiger partial charge < -0.3 is 18.9 Å². The summed E-state index contributed by atoms with van der Waals surface area (Å²) in [5.41, 5.74) is 0. The Bertz CT molecular complexity index is 169. The number of rotatable bonds is 10. The lowest BCUT2D eigenvalue weighted by atomic mass is 10.1. The summed E-state index contributed by atoms with van der Waals surface area (Å²) in [6, 6.07) is 0. The van der Waals surface area contributed by atoms with Crippen LogP contribution in [-0.4, -0.2) is 51.8 Å². The quantitative estimate of drug-likeness (QED) is 0.418. The third-order valence-electron chi connectivity index (χ3n) is 2.92. The lowest BCUT2D eigenvalue weighted by molar-refractivity contribution is 0.0861. The molecule has 2 atom stereocenters. The van der Waals surface area contributed by atoms with Crippen LogP contribution < -0.4 is 0 Å². The lowest BCUT2D eigenvalue weighted by Crippen LogP contribution is -2.09. The molecule has 0 amide bonds. The van der Waals surface area contributed by atoms with Crippen LogP contribution in [0.2, 0.25) is 0 Å². The molecule has 2 fully saturated rings. The highest BCUT2D eigenvalue weighted by atomic mass is 16.6. The second kappa shape index (κ2) is 6.55. The largest absolute Gasteiger partial charge is 0.379 e. The first kappa shape index (κ1) is 12.3. The summed E-state index contributed by atoms with van der Waals surface area (Å²) in [5, 5.41) is 0. The summed E-state index contributed by atoms with van der Waals surface area (Å²) >= 11 is 0. The fraction of sp³-hybridized carbons (Fsp3) is 1.00. The Morgan fingerprint density at radius 1 is 1.00 bits per heavy atom. The molecule has 2 rings (SSSR count). The Kier molecular flexibility index (Phi) is 5.03. The van der Waals surface area contributed by atoms with Crippen LogP contribution in [0, 0.1) is 5.92 Å². The van der Waals surface area contributed by atoms with E-state index in [1.165, 1.54) is 0 Å². The molecule has 4 heteroatoms. The van der Waals surface area contributed by atoms with Gasteiger partial charge in [-0.25, -0.2) is 0 Å². The van der Waals surface area contributed by atoms with Crippen LogP contribution in [0.1, 0.15) is 19.8 Å². The third kappa shape index (κ3) is 5.80. The van der Waals surface area contributed by atoms with Crippen molar-refractivity contribution < 1.29 is 18.9 Å². The van der Waals surface area contributed by atoms with Crippen molar-refractivity contribution in [3.8, 4) is 0 Å². The Morgan fingerprint density at radius 2 is 1.44 bits per heavy atom. The van der Waals surface area contributed by atoms with E-state index in [-0.39, 0.29) is 0 Å². The molecule has 4 nitrogen and oxygen atoms in total. The molecule has 0 aromatic heterocycles. The van der Waals surface area contributed by atoms with Gasteiger partial charge in [0.05, 0.1) is 26.4 Å². The first-order chi connectivity index (χ1) is 7.84. The molecule has 94 valence electrons. The minimum atomic E-state index is 0.386. The van der Waals surface area contributed by atoms with Crippen molar-refractivity contribution in [2.75, 3.05) is 39.6 Å². The molecule has 2 aliphatic rings. The third-order valence-corrected chi connectivity index (χ3v) is 2.92. The molecule has 0 N–H and O–H groups in total. The molecule has 0 aromatic rings. The van der Waals surface area contributed by atoms with Gasteiger partial charge in [-0.05, 0) is 18.8 Å². The molecule has 2 heterocycles. The Hall–Kier alpha value is -0.160. The summed E-state index contributed by atoms with van der Waals surface area (Å²) in [4.78, 5) is 0. The molecule has 0 aliphatic carbocycles. The lowest BCUT2D eigenvalue weighted by Gasteiger charge is -2.11. The highest BCUT2D eigenvalue weighted by Gasteiger charge is 2.23. The first-order valence-electron chi connectivity index (χ1n) is 6.23. The predicted molar refractivity (Wildman–Crippen MR) is 59.5 cm³/mol. The van der Waals surface area contributed by atoms with E-state index in [9.17, 15) is 0 Å². The van der Waals surface area contributed by atoms with Crippen LogP contribution in [0.5, 0.6) is 0 Å². The minimum Gasteiger partial charge on any atom is -0.379 e. The average Bonchev–Trinajstić information content (AvgIpc) is 3.14. The van der Waals surface area contributed by atoms with E-state index in [1.807, 2.05) is 0 Å². The highest BCUT2D eigenvalue weighted by Crippen LogP contribution is 2.12. The van der Waals surface area contributed by atoms with Crippen LogP contribution in [0.4, 0.5) is 0 Å². The van der Waals surface area contributed by atoms with Crippen LogP contribution in [-0.2, 0) is 18.9 Å². The summed E-state index contributed by atoms with van der Waals surface area (Å²) < 4.78 is 21.1. The van der Waals surface area contributed by atoms with E-state index in [0.29, 0.717) is 18.1 Å². The van der Waals surface area contributed by atoms with Gasteiger partial charge in [0, 0.05) is 13.2 Å². The van der Waals surface area contributed by atoms with Crippen molar-refractivity contribution in [2.45, 2.75) is 32.0 Å². The fourth-order valence-corrected chi connectivity index (χ4v) is 1.47. The van der Waals surface area contributed by atoms with Gasteiger partial charge in [-0.2, -0.15) is 0 Å². The summed E-state index contributed by atoms with van der Waals surface area (Å²) in [6.07, 6.45) is 2.99. The van der Waals surface area contributed by atoms with Crippen molar-refractivity contribution in [3.63, 3.8) is 0 Å². The van der Waals surface area contributed by atoms with Crippen LogP contribution in [0.25, 0.3) is 0 Å². The average molecular weight is 230 g/mol. The molecule has 2 aliphatic heterocycles. The predicted octanol–water partition coefficient (Wildman–Crippen LogP) is 1.23. The number of epoxide rings is 2. The Morgan fingerprint density at radius 3 is 1.81 bits per heavy atom. The van der Waals surface area contributed by atoms with Gasteiger partial charge in [0.1, 0.15) is 12.2 Å². The zero-order valence-corrected chi connectivity index (χ0v) is 10.0. The van der Waals surface area contributed by atoms with Gasteiger partial charge >= 0.3 is 0 Å². The highest BCUT2D eigenvalue weighted by molar-refractivity contribution is 4.68. The van der Waals surface area contributed by atoms with E-state index in [4.69, 9.17) is 18.9 Å².